The van der Waals surface area contributed by atoms with Crippen LogP contribution >= 0.6 is 11.3 Å². The summed E-state index contributed by atoms with van der Waals surface area (Å²) in [5, 5.41) is 1.76. The van der Waals surface area contributed by atoms with E-state index in [0.717, 1.165) is 0 Å². The third kappa shape index (κ3) is 3.54. The molecule has 2 nitrogen and oxygen atoms in total. The summed E-state index contributed by atoms with van der Waals surface area (Å²) < 4.78 is 39.7. The van der Waals surface area contributed by atoms with Gasteiger partial charge in [0.15, 0.2) is 0 Å². The lowest BCUT2D eigenvalue weighted by molar-refractivity contribution is -0.184. The number of hydrogen-bond acceptors (Lipinski definition) is 3. The summed E-state index contributed by atoms with van der Waals surface area (Å²) in [6.45, 7) is 0.169. The van der Waals surface area contributed by atoms with E-state index >= 15 is 0 Å². The van der Waals surface area contributed by atoms with Gasteiger partial charge in [0.25, 0.3) is 0 Å². The highest BCUT2D eigenvalue weighted by Crippen LogP contribution is 2.37. The topological polar surface area (TPSA) is 16.1 Å². The van der Waals surface area contributed by atoms with E-state index < -0.39 is 12.2 Å². The van der Waals surface area contributed by atoms with Crippen LogP contribution < -0.4 is 0 Å². The SMILES string of the molecule is CN(Cc1cscn1)[C@@H](c1ccccc1)C(F)(F)F. The van der Waals surface area contributed by atoms with Gasteiger partial charge >= 0.3 is 6.18 Å². The van der Waals surface area contributed by atoms with E-state index in [1.165, 1.54) is 35.4 Å². The quantitative estimate of drug-likeness (QED) is 0.848. The Balaban J connectivity index is 2.23. The zero-order valence-corrected chi connectivity index (χ0v) is 11.1. The molecule has 1 heterocycles. The molecule has 102 valence electrons. The van der Waals surface area contributed by atoms with Crippen molar-refractivity contribution in [1.82, 2.24) is 9.88 Å². The van der Waals surface area contributed by atoms with Crippen molar-refractivity contribution in [2.24, 2.45) is 0 Å². The predicted octanol–water partition coefficient (Wildman–Crippen LogP) is 3.88. The zero-order valence-electron chi connectivity index (χ0n) is 10.3. The fourth-order valence-electron chi connectivity index (χ4n) is 1.99. The highest BCUT2D eigenvalue weighted by Gasteiger charge is 2.43. The van der Waals surface area contributed by atoms with Gasteiger partial charge in [0.1, 0.15) is 6.04 Å². The van der Waals surface area contributed by atoms with Crippen LogP contribution in [-0.4, -0.2) is 23.1 Å². The van der Waals surface area contributed by atoms with E-state index in [4.69, 9.17) is 0 Å². The number of halogens is 3. The van der Waals surface area contributed by atoms with Gasteiger partial charge in [-0.05, 0) is 12.6 Å². The highest BCUT2D eigenvalue weighted by atomic mass is 32.1. The maximum Gasteiger partial charge on any atom is 0.408 e. The van der Waals surface area contributed by atoms with Crippen molar-refractivity contribution in [1.29, 1.82) is 0 Å². The molecule has 0 amide bonds. The van der Waals surface area contributed by atoms with Crippen LogP contribution in [0.4, 0.5) is 13.2 Å². The number of hydrogen-bond donors (Lipinski definition) is 0. The van der Waals surface area contributed by atoms with Gasteiger partial charge in [0, 0.05) is 11.9 Å². The smallest absolute Gasteiger partial charge is 0.286 e. The fourth-order valence-corrected chi connectivity index (χ4v) is 2.54. The minimum atomic E-state index is -4.31. The molecule has 2 aromatic rings. The normalized spacial score (nSPS) is 13.7. The molecule has 0 saturated heterocycles. The summed E-state index contributed by atoms with van der Waals surface area (Å²) in [7, 11) is 1.46. The van der Waals surface area contributed by atoms with Crippen LogP contribution in [-0.2, 0) is 6.54 Å². The van der Waals surface area contributed by atoms with Crippen molar-refractivity contribution in [2.45, 2.75) is 18.8 Å². The molecule has 0 aliphatic rings. The van der Waals surface area contributed by atoms with E-state index in [9.17, 15) is 13.2 Å². The molecule has 0 fully saturated rings. The van der Waals surface area contributed by atoms with E-state index in [2.05, 4.69) is 4.98 Å². The molecule has 0 spiro atoms. The molecule has 0 bridgehead atoms. The Morgan fingerprint density at radius 1 is 1.26 bits per heavy atom. The first-order valence-corrected chi connectivity index (χ1v) is 6.61. The standard InChI is InChI=1S/C13H13F3N2S/c1-18(7-11-8-19-9-17-11)12(13(14,15)16)10-5-3-2-4-6-10/h2-6,8-9,12H,7H2,1H3/t12-/m0/s1. The summed E-state index contributed by atoms with van der Waals surface area (Å²) in [5.74, 6) is 0. The van der Waals surface area contributed by atoms with Gasteiger partial charge in [-0.25, -0.2) is 4.98 Å². The fraction of sp³-hybridized carbons (Fsp3) is 0.308. The van der Waals surface area contributed by atoms with Gasteiger partial charge in [0.2, 0.25) is 0 Å². The second-order valence-corrected chi connectivity index (χ2v) is 4.97. The first kappa shape index (κ1) is 14.0. The summed E-state index contributed by atoms with van der Waals surface area (Å²) in [6, 6.07) is 6.31. The van der Waals surface area contributed by atoms with Gasteiger partial charge < -0.3 is 0 Å². The maximum absolute atomic E-state index is 13.2. The van der Waals surface area contributed by atoms with Gasteiger partial charge in [-0.2, -0.15) is 13.2 Å². The molecule has 0 aliphatic heterocycles. The number of aromatic nitrogens is 1. The minimum absolute atomic E-state index is 0.169. The maximum atomic E-state index is 13.2. The van der Waals surface area contributed by atoms with Gasteiger partial charge in [-0.3, -0.25) is 4.90 Å². The van der Waals surface area contributed by atoms with Crippen molar-refractivity contribution in [3.63, 3.8) is 0 Å². The summed E-state index contributed by atoms with van der Waals surface area (Å²) in [5.41, 5.74) is 2.51. The Kier molecular flexibility index (Phi) is 4.21. The van der Waals surface area contributed by atoms with E-state index in [1.807, 2.05) is 0 Å². The van der Waals surface area contributed by atoms with Crippen LogP contribution in [0.5, 0.6) is 0 Å². The van der Waals surface area contributed by atoms with Crippen LogP contribution in [0.3, 0.4) is 0 Å². The lowest BCUT2D eigenvalue weighted by Gasteiger charge is -2.29. The lowest BCUT2D eigenvalue weighted by Crippen LogP contribution is -2.35. The van der Waals surface area contributed by atoms with Gasteiger partial charge in [-0.15, -0.1) is 11.3 Å². The monoisotopic (exact) mass is 286 g/mol. The third-order valence-electron chi connectivity index (χ3n) is 2.76. The number of rotatable bonds is 4. The first-order valence-electron chi connectivity index (χ1n) is 5.67. The molecular weight excluding hydrogens is 273 g/mol. The first-order chi connectivity index (χ1) is 8.98. The average Bonchev–Trinajstić information content (AvgIpc) is 2.81. The van der Waals surface area contributed by atoms with Crippen molar-refractivity contribution in [2.75, 3.05) is 7.05 Å². The molecular formula is C13H13F3N2S. The van der Waals surface area contributed by atoms with E-state index in [1.54, 1.807) is 29.1 Å². The van der Waals surface area contributed by atoms with Crippen molar-refractivity contribution < 1.29 is 13.2 Å². The molecule has 0 radical (unpaired) electrons. The molecule has 0 unspecified atom stereocenters. The number of nitrogens with zero attached hydrogens (tertiary/aromatic N) is 2. The van der Waals surface area contributed by atoms with Crippen molar-refractivity contribution >= 4 is 11.3 Å². The van der Waals surface area contributed by atoms with Crippen molar-refractivity contribution in [3.8, 4) is 0 Å². The van der Waals surface area contributed by atoms with Crippen LogP contribution in [0.2, 0.25) is 0 Å². The second-order valence-electron chi connectivity index (χ2n) is 4.25. The molecule has 1 aromatic carbocycles. The Hall–Kier alpha value is -1.40. The van der Waals surface area contributed by atoms with Crippen LogP contribution in [0.15, 0.2) is 41.2 Å². The van der Waals surface area contributed by atoms with Crippen LogP contribution in [0.25, 0.3) is 0 Å². The summed E-state index contributed by atoms with van der Waals surface area (Å²) in [4.78, 5) is 5.29. The summed E-state index contributed by atoms with van der Waals surface area (Å²) in [6.07, 6.45) is -4.31. The van der Waals surface area contributed by atoms with Gasteiger partial charge in [0.05, 0.1) is 11.2 Å². The Labute approximate surface area is 113 Å². The van der Waals surface area contributed by atoms with E-state index in [0.29, 0.717) is 5.69 Å². The molecule has 19 heavy (non-hydrogen) atoms. The molecule has 6 heteroatoms. The molecule has 0 aliphatic carbocycles. The Morgan fingerprint density at radius 3 is 2.47 bits per heavy atom. The number of thiazole rings is 1. The Bertz CT molecular complexity index is 496. The Morgan fingerprint density at radius 2 is 1.95 bits per heavy atom. The third-order valence-corrected chi connectivity index (χ3v) is 3.40. The molecule has 0 saturated carbocycles. The number of benzene rings is 1. The molecule has 0 N–H and O–H groups in total. The molecule has 1 atom stereocenters. The summed E-state index contributed by atoms with van der Waals surface area (Å²) >= 11 is 1.38. The number of alkyl halides is 3. The van der Waals surface area contributed by atoms with Crippen LogP contribution in [0.1, 0.15) is 17.3 Å². The predicted molar refractivity (Wildman–Crippen MR) is 68.8 cm³/mol. The lowest BCUT2D eigenvalue weighted by atomic mass is 10.1. The minimum Gasteiger partial charge on any atom is -0.286 e. The zero-order chi connectivity index (χ0) is 13.9. The average molecular weight is 286 g/mol. The van der Waals surface area contributed by atoms with Crippen LogP contribution in [0, 0.1) is 0 Å². The molecule has 1 aromatic heterocycles. The highest BCUT2D eigenvalue weighted by molar-refractivity contribution is 7.07. The second kappa shape index (κ2) is 5.71. The van der Waals surface area contributed by atoms with Gasteiger partial charge in [-0.1, -0.05) is 30.3 Å². The molecule has 2 rings (SSSR count). The van der Waals surface area contributed by atoms with E-state index in [-0.39, 0.29) is 12.1 Å². The van der Waals surface area contributed by atoms with Crippen molar-refractivity contribution in [3.05, 3.63) is 52.5 Å². The largest absolute Gasteiger partial charge is 0.408 e.